The summed E-state index contributed by atoms with van der Waals surface area (Å²) in [7, 11) is 0. The van der Waals surface area contributed by atoms with Crippen molar-refractivity contribution >= 4 is 40.7 Å². The molecule has 3 aliphatic rings. The third-order valence-corrected chi connectivity index (χ3v) is 9.30. The molecule has 2 fully saturated rings. The Labute approximate surface area is 259 Å². The fourth-order valence-electron chi connectivity index (χ4n) is 6.30. The van der Waals surface area contributed by atoms with Crippen molar-refractivity contribution in [3.8, 4) is 0 Å². The number of cyclic esters (lactones) is 1. The maximum absolute atomic E-state index is 14.0. The highest BCUT2D eigenvalue weighted by Gasteiger charge is 2.43. The topological polar surface area (TPSA) is 130 Å². The summed E-state index contributed by atoms with van der Waals surface area (Å²) in [5.41, 5.74) is 4.58. The van der Waals surface area contributed by atoms with Crippen LogP contribution in [0.15, 0.2) is 36.4 Å². The molecular weight excluding hydrogens is 558 g/mol. The van der Waals surface area contributed by atoms with E-state index in [-0.39, 0.29) is 23.8 Å². The molecule has 3 amide bonds. The van der Waals surface area contributed by atoms with E-state index in [2.05, 4.69) is 23.0 Å². The zero-order valence-electron chi connectivity index (χ0n) is 26.4. The first-order chi connectivity index (χ1) is 21.0. The van der Waals surface area contributed by atoms with Gasteiger partial charge in [0.05, 0.1) is 22.7 Å². The lowest BCUT2D eigenvalue weighted by atomic mass is 9.70. The minimum Gasteiger partial charge on any atom is -0.451 e. The van der Waals surface area contributed by atoms with Gasteiger partial charge in [0.15, 0.2) is 6.10 Å². The summed E-state index contributed by atoms with van der Waals surface area (Å²) >= 11 is 0. The second kappa shape index (κ2) is 13.1. The summed E-state index contributed by atoms with van der Waals surface area (Å²) in [5.74, 6) is -1.34. The number of aromatic nitrogens is 1. The van der Waals surface area contributed by atoms with Crippen LogP contribution in [0.4, 0.5) is 0 Å². The molecule has 1 aromatic heterocycles. The Hall–Kier alpha value is -3.79. The van der Waals surface area contributed by atoms with E-state index < -0.39 is 35.5 Å². The molecule has 1 spiro atoms. The van der Waals surface area contributed by atoms with Gasteiger partial charge in [-0.15, -0.1) is 0 Å². The molecule has 236 valence electrons. The second-order valence-corrected chi connectivity index (χ2v) is 13.2. The summed E-state index contributed by atoms with van der Waals surface area (Å²) < 4.78 is 6.01. The summed E-state index contributed by atoms with van der Waals surface area (Å²) in [6.45, 7) is 9.73. The average Bonchev–Trinajstić information content (AvgIpc) is 3.01. The molecule has 5 rings (SSSR count). The Balaban J connectivity index is 1.53. The number of benzene rings is 1. The lowest BCUT2D eigenvalue weighted by Crippen LogP contribution is -2.61. The van der Waals surface area contributed by atoms with Crippen molar-refractivity contribution in [2.24, 2.45) is 17.3 Å². The van der Waals surface area contributed by atoms with Crippen molar-refractivity contribution in [1.29, 1.82) is 0 Å². The molecule has 4 atom stereocenters. The molecule has 0 radical (unpaired) electrons. The average molecular weight is 604 g/mol. The van der Waals surface area contributed by atoms with E-state index in [1.165, 1.54) is 5.01 Å². The van der Waals surface area contributed by atoms with Crippen molar-refractivity contribution in [2.45, 2.75) is 97.4 Å². The number of carbonyl (C=O) groups excluding carboxylic acids is 4. The van der Waals surface area contributed by atoms with Crippen molar-refractivity contribution in [1.82, 2.24) is 26.1 Å². The van der Waals surface area contributed by atoms with E-state index in [1.807, 2.05) is 63.3 Å². The number of pyridine rings is 1. The van der Waals surface area contributed by atoms with Crippen LogP contribution in [0.3, 0.4) is 0 Å². The Kier molecular flexibility index (Phi) is 9.39. The van der Waals surface area contributed by atoms with Gasteiger partial charge in [-0.05, 0) is 81.9 Å². The maximum atomic E-state index is 14.0. The molecule has 2 aromatic rings. The number of esters is 1. The first-order valence-electron chi connectivity index (χ1n) is 15.9. The smallest absolute Gasteiger partial charge is 0.316 e. The van der Waals surface area contributed by atoms with E-state index in [0.29, 0.717) is 38.1 Å². The Morgan fingerprint density at radius 1 is 0.932 bits per heavy atom. The lowest BCUT2D eigenvalue weighted by Gasteiger charge is -2.37. The van der Waals surface area contributed by atoms with Crippen molar-refractivity contribution in [3.05, 3.63) is 47.7 Å². The molecule has 1 saturated carbocycles. The van der Waals surface area contributed by atoms with Crippen LogP contribution in [0.5, 0.6) is 0 Å². The molecular formula is C34H45N5O5. The third-order valence-electron chi connectivity index (χ3n) is 9.30. The van der Waals surface area contributed by atoms with Crippen molar-refractivity contribution in [3.63, 3.8) is 0 Å². The zero-order valence-corrected chi connectivity index (χ0v) is 26.4. The fraction of sp³-hybridized carbons (Fsp3) is 0.559. The van der Waals surface area contributed by atoms with Gasteiger partial charge < -0.3 is 15.4 Å². The molecule has 5 bridgehead atoms. The van der Waals surface area contributed by atoms with Gasteiger partial charge >= 0.3 is 5.97 Å². The van der Waals surface area contributed by atoms with Gasteiger partial charge in [-0.1, -0.05) is 51.1 Å². The summed E-state index contributed by atoms with van der Waals surface area (Å²) in [4.78, 5) is 58.9. The number of hydrazine groups is 1. The number of nitrogens with zero attached hydrogens (tertiary/aromatic N) is 2. The number of hydrogen-bond donors (Lipinski definition) is 3. The molecule has 10 nitrogen and oxygen atoms in total. The van der Waals surface area contributed by atoms with Crippen LogP contribution in [-0.4, -0.2) is 58.4 Å². The van der Waals surface area contributed by atoms with Crippen LogP contribution in [0, 0.1) is 17.3 Å². The van der Waals surface area contributed by atoms with Crippen LogP contribution in [-0.2, 0) is 23.9 Å². The van der Waals surface area contributed by atoms with Gasteiger partial charge in [-0.2, -0.15) is 0 Å². The quantitative estimate of drug-likeness (QED) is 0.417. The second-order valence-electron chi connectivity index (χ2n) is 13.2. The standard InChI is InChI=1S/C34H45N5O5/c1-20(2)29-31(41)36-23(5)32(42)39-18-6-7-27(38-39)30(40)35-22(4)26-11-10-25-9-8-24(19-28(25)37-26)14-17-34(33(43)44-29)15-12-21(3)13-16-34/h8-11,14,17,19-23,27,29,38H,6-7,12-13,15-16,18H2,1-5H3,(H,35,40)(H,36,41)/b17-14+/t21-,22?,23-,27-,29?,34+/m0/s1. The minimum atomic E-state index is -1.06. The van der Waals surface area contributed by atoms with Gasteiger partial charge in [0, 0.05) is 11.9 Å². The molecule has 1 saturated heterocycles. The SMILES string of the molecule is CC1NC(=O)[C@@H]2CCCN(N2)C(=O)[C@H](C)NC(=O)C(C(C)C)OC(=O)[C@]2(/C=C/c3ccc4ccc1nc4c3)CC[C@H](C)CC2. The van der Waals surface area contributed by atoms with Crippen molar-refractivity contribution < 1.29 is 23.9 Å². The molecule has 2 aliphatic heterocycles. The largest absolute Gasteiger partial charge is 0.451 e. The van der Waals surface area contributed by atoms with E-state index >= 15 is 0 Å². The summed E-state index contributed by atoms with van der Waals surface area (Å²) in [5, 5.41) is 8.18. The minimum absolute atomic E-state index is 0.227. The van der Waals surface area contributed by atoms with Gasteiger partial charge in [-0.3, -0.25) is 29.2 Å². The number of nitrogens with one attached hydrogen (secondary N) is 3. The number of rotatable bonds is 1. The Bertz CT molecular complexity index is 1450. The number of carbonyl (C=O) groups is 4. The third kappa shape index (κ3) is 6.80. The predicted octanol–water partition coefficient (Wildman–Crippen LogP) is 4.20. The normalized spacial score (nSPS) is 31.5. The number of amides is 3. The Morgan fingerprint density at radius 2 is 1.64 bits per heavy atom. The van der Waals surface area contributed by atoms with Crippen LogP contribution in [0.25, 0.3) is 17.0 Å². The maximum Gasteiger partial charge on any atom is 0.316 e. The molecule has 1 aliphatic carbocycles. The van der Waals surface area contributed by atoms with Gasteiger partial charge in [0.25, 0.3) is 11.8 Å². The number of ether oxygens (including phenoxy) is 1. The molecule has 10 heteroatoms. The molecule has 2 unspecified atom stereocenters. The van der Waals surface area contributed by atoms with Crippen LogP contribution < -0.4 is 16.1 Å². The summed E-state index contributed by atoms with van der Waals surface area (Å²) in [6, 6.07) is 8.01. The number of hydrogen-bond acceptors (Lipinski definition) is 7. The number of fused-ring (bicyclic) bond motifs is 4. The molecule has 3 N–H and O–H groups in total. The van der Waals surface area contributed by atoms with Gasteiger partial charge in [-0.25, -0.2) is 5.43 Å². The fourth-order valence-corrected chi connectivity index (χ4v) is 6.30. The summed E-state index contributed by atoms with van der Waals surface area (Å²) in [6.07, 6.45) is 7.02. The highest BCUT2D eigenvalue weighted by atomic mass is 16.5. The monoisotopic (exact) mass is 603 g/mol. The first kappa shape index (κ1) is 31.6. The predicted molar refractivity (Wildman–Crippen MR) is 168 cm³/mol. The van der Waals surface area contributed by atoms with E-state index in [1.54, 1.807) is 6.92 Å². The van der Waals surface area contributed by atoms with E-state index in [0.717, 1.165) is 35.0 Å². The van der Waals surface area contributed by atoms with Gasteiger partial charge in [0.1, 0.15) is 12.1 Å². The van der Waals surface area contributed by atoms with Crippen molar-refractivity contribution in [2.75, 3.05) is 6.54 Å². The van der Waals surface area contributed by atoms with Gasteiger partial charge in [0.2, 0.25) is 5.91 Å². The van der Waals surface area contributed by atoms with Crippen LogP contribution in [0.1, 0.15) is 90.4 Å². The molecule has 3 heterocycles. The highest BCUT2D eigenvalue weighted by molar-refractivity contribution is 5.92. The van der Waals surface area contributed by atoms with E-state index in [9.17, 15) is 19.2 Å². The lowest BCUT2D eigenvalue weighted by molar-refractivity contribution is -0.168. The molecule has 44 heavy (non-hydrogen) atoms. The molecule has 1 aromatic carbocycles. The van der Waals surface area contributed by atoms with Crippen LogP contribution in [0.2, 0.25) is 0 Å². The van der Waals surface area contributed by atoms with Crippen LogP contribution >= 0.6 is 0 Å². The highest BCUT2D eigenvalue weighted by Crippen LogP contribution is 2.42. The zero-order chi connectivity index (χ0) is 31.6. The Morgan fingerprint density at radius 3 is 2.36 bits per heavy atom. The van der Waals surface area contributed by atoms with E-state index in [4.69, 9.17) is 9.72 Å². The first-order valence-corrected chi connectivity index (χ1v) is 15.9.